The van der Waals surface area contributed by atoms with E-state index in [9.17, 15) is 0 Å². The maximum absolute atomic E-state index is 5.91. The fourth-order valence-corrected chi connectivity index (χ4v) is 2.43. The number of ether oxygens (including phenoxy) is 1. The molecule has 17 heavy (non-hydrogen) atoms. The Bertz CT molecular complexity index is 374. The van der Waals surface area contributed by atoms with Crippen LogP contribution in [0.15, 0.2) is 12.4 Å². The van der Waals surface area contributed by atoms with Crippen molar-refractivity contribution in [2.45, 2.75) is 25.5 Å². The molecule has 96 valence electrons. The highest BCUT2D eigenvalue weighted by molar-refractivity contribution is 5.11. The zero-order valence-electron chi connectivity index (χ0n) is 10.9. The number of nitrogens with two attached hydrogens (primary N) is 1. The fourth-order valence-electron chi connectivity index (χ4n) is 2.43. The van der Waals surface area contributed by atoms with Crippen LogP contribution in [-0.2, 0) is 11.8 Å². The summed E-state index contributed by atoms with van der Waals surface area (Å²) in [6.07, 6.45) is 3.94. The molecular formula is C12H22N4O. The molecule has 0 bridgehead atoms. The summed E-state index contributed by atoms with van der Waals surface area (Å²) in [7, 11) is 1.93. The largest absolute Gasteiger partial charge is 0.373 e. The van der Waals surface area contributed by atoms with Crippen molar-refractivity contribution in [1.29, 1.82) is 0 Å². The van der Waals surface area contributed by atoms with Gasteiger partial charge in [0.2, 0.25) is 0 Å². The highest BCUT2D eigenvalue weighted by Crippen LogP contribution is 2.25. The van der Waals surface area contributed by atoms with E-state index in [-0.39, 0.29) is 11.6 Å². The maximum atomic E-state index is 5.91. The normalized spacial score (nSPS) is 22.6. The Kier molecular flexibility index (Phi) is 3.51. The molecule has 1 unspecified atom stereocenters. The van der Waals surface area contributed by atoms with Crippen LogP contribution in [0.3, 0.4) is 0 Å². The lowest BCUT2D eigenvalue weighted by Gasteiger charge is -2.41. The summed E-state index contributed by atoms with van der Waals surface area (Å²) in [5.41, 5.74) is 7.01. The zero-order chi connectivity index (χ0) is 12.5. The average Bonchev–Trinajstić information content (AvgIpc) is 2.64. The van der Waals surface area contributed by atoms with E-state index in [1.807, 2.05) is 24.1 Å². The van der Waals surface area contributed by atoms with Crippen molar-refractivity contribution in [2.75, 3.05) is 26.2 Å². The van der Waals surface area contributed by atoms with E-state index >= 15 is 0 Å². The van der Waals surface area contributed by atoms with Gasteiger partial charge in [0.05, 0.1) is 24.4 Å². The first-order valence-electron chi connectivity index (χ1n) is 6.08. The number of nitrogens with zero attached hydrogens (tertiary/aromatic N) is 3. The second-order valence-corrected chi connectivity index (χ2v) is 5.28. The molecule has 1 saturated heterocycles. The first-order valence-corrected chi connectivity index (χ1v) is 6.08. The summed E-state index contributed by atoms with van der Waals surface area (Å²) in [5, 5.41) is 4.22. The summed E-state index contributed by atoms with van der Waals surface area (Å²) in [4.78, 5) is 2.39. The minimum atomic E-state index is -0.0894. The van der Waals surface area contributed by atoms with Crippen molar-refractivity contribution < 1.29 is 4.74 Å². The molecule has 2 N–H and O–H groups in total. The van der Waals surface area contributed by atoms with Crippen molar-refractivity contribution in [1.82, 2.24) is 14.7 Å². The molecule has 2 heterocycles. The molecule has 0 aliphatic carbocycles. The Hall–Kier alpha value is -0.910. The number of hydrogen-bond acceptors (Lipinski definition) is 4. The Morgan fingerprint density at radius 2 is 2.35 bits per heavy atom. The third kappa shape index (κ3) is 2.86. The molecular weight excluding hydrogens is 216 g/mol. The van der Waals surface area contributed by atoms with Gasteiger partial charge in [-0.3, -0.25) is 9.58 Å². The van der Waals surface area contributed by atoms with Crippen LogP contribution in [0.2, 0.25) is 0 Å². The fraction of sp³-hybridized carbons (Fsp3) is 0.750. The molecule has 0 aromatic carbocycles. The smallest absolute Gasteiger partial charge is 0.0753 e. The number of hydrogen-bond donors (Lipinski definition) is 1. The van der Waals surface area contributed by atoms with E-state index in [1.54, 1.807) is 0 Å². The second kappa shape index (κ2) is 4.76. The van der Waals surface area contributed by atoms with Crippen LogP contribution in [0.1, 0.15) is 25.5 Å². The monoisotopic (exact) mass is 238 g/mol. The Balaban J connectivity index is 2.13. The number of rotatable bonds is 3. The summed E-state index contributed by atoms with van der Waals surface area (Å²) < 4.78 is 7.55. The molecule has 2 rings (SSSR count). The minimum Gasteiger partial charge on any atom is -0.373 e. The molecule has 5 heteroatoms. The predicted octanol–water partition coefficient (Wildman–Crippen LogP) is 0.531. The van der Waals surface area contributed by atoms with Gasteiger partial charge in [-0.1, -0.05) is 0 Å². The zero-order valence-corrected chi connectivity index (χ0v) is 10.9. The van der Waals surface area contributed by atoms with Crippen LogP contribution in [0.25, 0.3) is 0 Å². The van der Waals surface area contributed by atoms with Gasteiger partial charge < -0.3 is 10.5 Å². The third-order valence-corrected chi connectivity index (χ3v) is 3.23. The highest BCUT2D eigenvalue weighted by atomic mass is 16.5. The van der Waals surface area contributed by atoms with Gasteiger partial charge in [-0.15, -0.1) is 0 Å². The molecule has 1 aromatic rings. The molecule has 1 atom stereocenters. The quantitative estimate of drug-likeness (QED) is 0.834. The van der Waals surface area contributed by atoms with Gasteiger partial charge in [0.15, 0.2) is 0 Å². The summed E-state index contributed by atoms with van der Waals surface area (Å²) in [6, 6.07) is 0.242. The summed E-state index contributed by atoms with van der Waals surface area (Å²) in [6.45, 7) is 7.46. The Labute approximate surface area is 103 Å². The van der Waals surface area contributed by atoms with Crippen LogP contribution in [0, 0.1) is 0 Å². The molecule has 1 fully saturated rings. The van der Waals surface area contributed by atoms with Gasteiger partial charge in [0.1, 0.15) is 0 Å². The van der Waals surface area contributed by atoms with Gasteiger partial charge in [0.25, 0.3) is 0 Å². The van der Waals surface area contributed by atoms with Crippen LogP contribution >= 0.6 is 0 Å². The van der Waals surface area contributed by atoms with Crippen molar-refractivity contribution in [2.24, 2.45) is 12.8 Å². The molecule has 0 amide bonds. The van der Waals surface area contributed by atoms with Gasteiger partial charge in [-0.25, -0.2) is 0 Å². The molecule has 1 aliphatic rings. The molecule has 0 saturated carbocycles. The standard InChI is InChI=1S/C12H22N4O/c1-12(2)9-16(4-5-17-12)11(6-13)10-7-14-15(3)8-10/h7-8,11H,4-6,9,13H2,1-3H3. The highest BCUT2D eigenvalue weighted by Gasteiger charge is 2.31. The number of aromatic nitrogens is 2. The third-order valence-electron chi connectivity index (χ3n) is 3.23. The van der Waals surface area contributed by atoms with Gasteiger partial charge in [-0.05, 0) is 13.8 Å². The predicted molar refractivity (Wildman–Crippen MR) is 66.6 cm³/mol. The van der Waals surface area contributed by atoms with Crippen LogP contribution in [0.5, 0.6) is 0 Å². The van der Waals surface area contributed by atoms with E-state index in [1.165, 1.54) is 5.56 Å². The van der Waals surface area contributed by atoms with E-state index in [2.05, 4.69) is 23.8 Å². The molecule has 0 radical (unpaired) electrons. The average molecular weight is 238 g/mol. The maximum Gasteiger partial charge on any atom is 0.0753 e. The number of aryl methyl sites for hydroxylation is 1. The Morgan fingerprint density at radius 1 is 1.59 bits per heavy atom. The topological polar surface area (TPSA) is 56.3 Å². The lowest BCUT2D eigenvalue weighted by atomic mass is 10.0. The lowest BCUT2D eigenvalue weighted by Crippen LogP contribution is -2.50. The van der Waals surface area contributed by atoms with Crippen molar-refractivity contribution in [3.8, 4) is 0 Å². The van der Waals surface area contributed by atoms with Crippen LogP contribution < -0.4 is 5.73 Å². The minimum absolute atomic E-state index is 0.0894. The van der Waals surface area contributed by atoms with E-state index in [0.717, 1.165) is 19.7 Å². The summed E-state index contributed by atoms with van der Waals surface area (Å²) >= 11 is 0. The molecule has 1 aromatic heterocycles. The molecule has 0 spiro atoms. The lowest BCUT2D eigenvalue weighted by molar-refractivity contribution is -0.0967. The first-order chi connectivity index (χ1) is 8.02. The van der Waals surface area contributed by atoms with E-state index in [4.69, 9.17) is 10.5 Å². The molecule has 5 nitrogen and oxygen atoms in total. The van der Waals surface area contributed by atoms with Gasteiger partial charge in [-0.2, -0.15) is 5.10 Å². The van der Waals surface area contributed by atoms with Crippen molar-refractivity contribution >= 4 is 0 Å². The van der Waals surface area contributed by atoms with Crippen LogP contribution in [0.4, 0.5) is 0 Å². The second-order valence-electron chi connectivity index (χ2n) is 5.28. The molecule has 1 aliphatic heterocycles. The number of morpholine rings is 1. The van der Waals surface area contributed by atoms with Gasteiger partial charge >= 0.3 is 0 Å². The first kappa shape index (κ1) is 12.5. The van der Waals surface area contributed by atoms with E-state index < -0.39 is 0 Å². The summed E-state index contributed by atoms with van der Waals surface area (Å²) in [5.74, 6) is 0. The Morgan fingerprint density at radius 3 is 2.88 bits per heavy atom. The van der Waals surface area contributed by atoms with Gasteiger partial charge in [0, 0.05) is 38.4 Å². The van der Waals surface area contributed by atoms with E-state index in [0.29, 0.717) is 6.54 Å². The van der Waals surface area contributed by atoms with Crippen molar-refractivity contribution in [3.63, 3.8) is 0 Å². The van der Waals surface area contributed by atoms with Crippen LogP contribution in [-0.4, -0.2) is 46.5 Å². The van der Waals surface area contributed by atoms with Crippen molar-refractivity contribution in [3.05, 3.63) is 18.0 Å². The SMILES string of the molecule is Cn1cc(C(CN)N2CCOC(C)(C)C2)cn1.